The van der Waals surface area contributed by atoms with E-state index in [1.807, 2.05) is 6.07 Å². The first-order valence-corrected chi connectivity index (χ1v) is 9.04. The molecule has 0 saturated carbocycles. The molecule has 2 aromatic heterocycles. The van der Waals surface area contributed by atoms with E-state index in [0.29, 0.717) is 22.3 Å². The molecule has 0 fully saturated rings. The van der Waals surface area contributed by atoms with E-state index in [1.54, 1.807) is 37.3 Å². The van der Waals surface area contributed by atoms with Gasteiger partial charge < -0.3 is 4.74 Å². The third-order valence-electron chi connectivity index (χ3n) is 4.46. The fourth-order valence-electron chi connectivity index (χ4n) is 3.14. The van der Waals surface area contributed by atoms with Crippen LogP contribution in [0.25, 0.3) is 27.8 Å². The molecule has 0 radical (unpaired) electrons. The van der Waals surface area contributed by atoms with Crippen LogP contribution in [0.3, 0.4) is 0 Å². The molecule has 6 nitrogen and oxygen atoms in total. The van der Waals surface area contributed by atoms with Gasteiger partial charge in [-0.25, -0.2) is 9.48 Å². The molecule has 0 N–H and O–H groups in total. The predicted molar refractivity (Wildman–Crippen MR) is 103 cm³/mol. The van der Waals surface area contributed by atoms with Gasteiger partial charge in [-0.2, -0.15) is 13.2 Å². The molecular formula is C21H15F3N4O2. The van der Waals surface area contributed by atoms with Crippen molar-refractivity contribution in [3.8, 4) is 16.9 Å². The molecule has 9 heteroatoms. The molecule has 2 heterocycles. The first-order chi connectivity index (χ1) is 14.4. The molecule has 0 amide bonds. The first kappa shape index (κ1) is 19.6. The molecule has 0 saturated heterocycles. The number of benzene rings is 2. The lowest BCUT2D eigenvalue weighted by atomic mass is 10.1. The molecule has 30 heavy (non-hydrogen) atoms. The summed E-state index contributed by atoms with van der Waals surface area (Å²) in [5.41, 5.74) is 0.836. The third-order valence-corrected chi connectivity index (χ3v) is 4.46. The number of esters is 1. The van der Waals surface area contributed by atoms with Gasteiger partial charge in [0.05, 0.1) is 23.4 Å². The van der Waals surface area contributed by atoms with Crippen molar-refractivity contribution in [2.75, 3.05) is 6.61 Å². The number of fused-ring (bicyclic) bond motifs is 1. The zero-order valence-electron chi connectivity index (χ0n) is 15.7. The van der Waals surface area contributed by atoms with E-state index in [0.717, 1.165) is 12.1 Å². The van der Waals surface area contributed by atoms with Gasteiger partial charge in [0.1, 0.15) is 5.69 Å². The number of carbonyl (C=O) groups excluding carboxylic acids is 1. The number of carbonyl (C=O) groups is 1. The summed E-state index contributed by atoms with van der Waals surface area (Å²) in [6.45, 7) is 1.84. The number of halogens is 3. The van der Waals surface area contributed by atoms with E-state index in [2.05, 4.69) is 15.3 Å². The standard InChI is InChI=1S/C21H15F3N4O2/c1-2-30-20(29)18-19(13-6-4-3-5-7-13)28(27-26-18)17-10-11-25-16-12-14(21(22,23)24)8-9-15(16)17/h3-12H,2H2,1H3. The minimum absolute atomic E-state index is 0.0138. The maximum atomic E-state index is 13.1. The highest BCUT2D eigenvalue weighted by Crippen LogP contribution is 2.33. The van der Waals surface area contributed by atoms with Gasteiger partial charge in [0, 0.05) is 17.1 Å². The highest BCUT2D eigenvalue weighted by atomic mass is 19.4. The van der Waals surface area contributed by atoms with Gasteiger partial charge in [-0.05, 0) is 25.1 Å². The molecule has 0 bridgehead atoms. The molecular weight excluding hydrogens is 397 g/mol. The van der Waals surface area contributed by atoms with Crippen molar-refractivity contribution in [2.24, 2.45) is 0 Å². The topological polar surface area (TPSA) is 69.9 Å². The number of hydrogen-bond donors (Lipinski definition) is 0. The molecule has 0 unspecified atom stereocenters. The largest absolute Gasteiger partial charge is 0.461 e. The molecule has 2 aromatic carbocycles. The highest BCUT2D eigenvalue weighted by molar-refractivity contribution is 5.95. The summed E-state index contributed by atoms with van der Waals surface area (Å²) < 4.78 is 45.8. The Hall–Kier alpha value is -3.75. The number of ether oxygens (including phenoxy) is 1. The van der Waals surface area contributed by atoms with Crippen LogP contribution in [0.15, 0.2) is 60.8 Å². The highest BCUT2D eigenvalue weighted by Gasteiger charge is 2.31. The van der Waals surface area contributed by atoms with E-state index < -0.39 is 17.7 Å². The summed E-state index contributed by atoms with van der Waals surface area (Å²) in [6.07, 6.45) is -3.09. The Balaban J connectivity index is 1.95. The van der Waals surface area contributed by atoms with Crippen LogP contribution in [-0.4, -0.2) is 32.6 Å². The van der Waals surface area contributed by atoms with Crippen molar-refractivity contribution in [3.63, 3.8) is 0 Å². The second kappa shape index (κ2) is 7.58. The van der Waals surface area contributed by atoms with Crippen LogP contribution >= 0.6 is 0 Å². The molecule has 0 atom stereocenters. The minimum atomic E-state index is -4.48. The van der Waals surface area contributed by atoms with E-state index in [4.69, 9.17) is 4.74 Å². The number of pyridine rings is 1. The van der Waals surface area contributed by atoms with Gasteiger partial charge in [-0.15, -0.1) is 5.10 Å². The molecule has 152 valence electrons. The van der Waals surface area contributed by atoms with Crippen molar-refractivity contribution in [1.29, 1.82) is 0 Å². The normalized spacial score (nSPS) is 11.6. The minimum Gasteiger partial charge on any atom is -0.461 e. The van der Waals surface area contributed by atoms with E-state index in [9.17, 15) is 18.0 Å². The quantitative estimate of drug-likeness (QED) is 0.455. The maximum Gasteiger partial charge on any atom is 0.416 e. The lowest BCUT2D eigenvalue weighted by molar-refractivity contribution is -0.137. The van der Waals surface area contributed by atoms with E-state index in [1.165, 1.54) is 16.9 Å². The van der Waals surface area contributed by atoms with E-state index in [-0.39, 0.29) is 17.8 Å². The van der Waals surface area contributed by atoms with Crippen LogP contribution < -0.4 is 0 Å². The maximum absolute atomic E-state index is 13.1. The molecule has 0 aliphatic heterocycles. The summed E-state index contributed by atoms with van der Waals surface area (Å²) >= 11 is 0. The number of alkyl halides is 3. The van der Waals surface area contributed by atoms with Crippen molar-refractivity contribution in [2.45, 2.75) is 13.1 Å². The Labute approximate surface area is 168 Å². The van der Waals surface area contributed by atoms with Crippen LogP contribution in [-0.2, 0) is 10.9 Å². The average molecular weight is 412 g/mol. The Kier molecular flexibility index (Phi) is 4.94. The second-order valence-electron chi connectivity index (χ2n) is 6.34. The lowest BCUT2D eigenvalue weighted by Crippen LogP contribution is -2.08. The van der Waals surface area contributed by atoms with Crippen LogP contribution in [0, 0.1) is 0 Å². The predicted octanol–water partition coefficient (Wildman–Crippen LogP) is 4.68. The Morgan fingerprint density at radius 3 is 2.57 bits per heavy atom. The van der Waals surface area contributed by atoms with Crippen LogP contribution in [0.2, 0.25) is 0 Å². The van der Waals surface area contributed by atoms with Crippen molar-refractivity contribution >= 4 is 16.9 Å². The zero-order chi connectivity index (χ0) is 21.3. The number of hydrogen-bond acceptors (Lipinski definition) is 5. The summed E-state index contributed by atoms with van der Waals surface area (Å²) in [6, 6.07) is 13.9. The SMILES string of the molecule is CCOC(=O)c1nnn(-c2ccnc3cc(C(F)(F)F)ccc23)c1-c1ccccc1. The first-order valence-electron chi connectivity index (χ1n) is 9.04. The smallest absolute Gasteiger partial charge is 0.416 e. The Morgan fingerprint density at radius 2 is 1.87 bits per heavy atom. The number of rotatable bonds is 4. The summed E-state index contributed by atoms with van der Waals surface area (Å²) in [7, 11) is 0. The van der Waals surface area contributed by atoms with Gasteiger partial charge in [0.25, 0.3) is 0 Å². The van der Waals surface area contributed by atoms with Gasteiger partial charge >= 0.3 is 12.1 Å². The second-order valence-corrected chi connectivity index (χ2v) is 6.34. The van der Waals surface area contributed by atoms with Crippen molar-refractivity contribution in [1.82, 2.24) is 20.0 Å². The van der Waals surface area contributed by atoms with Crippen molar-refractivity contribution in [3.05, 3.63) is 72.1 Å². The van der Waals surface area contributed by atoms with Gasteiger partial charge in [-0.1, -0.05) is 41.6 Å². The Morgan fingerprint density at radius 1 is 1.10 bits per heavy atom. The monoisotopic (exact) mass is 412 g/mol. The average Bonchev–Trinajstić information content (AvgIpc) is 3.18. The van der Waals surface area contributed by atoms with Gasteiger partial charge in [0.15, 0.2) is 5.69 Å². The van der Waals surface area contributed by atoms with Gasteiger partial charge in [-0.3, -0.25) is 4.98 Å². The van der Waals surface area contributed by atoms with Crippen LogP contribution in [0.1, 0.15) is 23.0 Å². The summed E-state index contributed by atoms with van der Waals surface area (Å²) in [5.74, 6) is -0.639. The summed E-state index contributed by atoms with van der Waals surface area (Å²) in [4.78, 5) is 16.5. The van der Waals surface area contributed by atoms with Gasteiger partial charge in [0.2, 0.25) is 0 Å². The molecule has 4 rings (SSSR count). The fraction of sp³-hybridized carbons (Fsp3) is 0.143. The van der Waals surface area contributed by atoms with Crippen LogP contribution in [0.4, 0.5) is 13.2 Å². The number of nitrogens with zero attached hydrogens (tertiary/aromatic N) is 4. The number of aromatic nitrogens is 4. The fourth-order valence-corrected chi connectivity index (χ4v) is 3.14. The molecule has 0 aliphatic rings. The zero-order valence-corrected chi connectivity index (χ0v) is 15.7. The van der Waals surface area contributed by atoms with Crippen molar-refractivity contribution < 1.29 is 22.7 Å². The lowest BCUT2D eigenvalue weighted by Gasteiger charge is -2.12. The Bertz CT molecular complexity index is 1220. The molecule has 0 spiro atoms. The van der Waals surface area contributed by atoms with E-state index >= 15 is 0 Å². The molecule has 0 aliphatic carbocycles. The summed E-state index contributed by atoms with van der Waals surface area (Å²) in [5, 5.41) is 8.53. The van der Waals surface area contributed by atoms with Crippen LogP contribution in [0.5, 0.6) is 0 Å². The molecule has 4 aromatic rings. The third kappa shape index (κ3) is 3.49.